The fourth-order valence-corrected chi connectivity index (χ4v) is 6.30. The van der Waals surface area contributed by atoms with Crippen LogP contribution in [-0.2, 0) is 21.4 Å². The van der Waals surface area contributed by atoms with E-state index in [0.29, 0.717) is 27.0 Å². The van der Waals surface area contributed by atoms with Crippen LogP contribution in [0, 0.1) is 5.82 Å². The van der Waals surface area contributed by atoms with Crippen molar-refractivity contribution in [3.05, 3.63) is 69.0 Å². The minimum Gasteiger partial charge on any atom is -0.308 e. The molecule has 0 spiro atoms. The van der Waals surface area contributed by atoms with Crippen molar-refractivity contribution in [1.82, 2.24) is 19.2 Å². The van der Waals surface area contributed by atoms with Crippen molar-refractivity contribution in [2.45, 2.75) is 25.9 Å². The first-order valence-electron chi connectivity index (χ1n) is 10.8. The van der Waals surface area contributed by atoms with E-state index in [1.807, 2.05) is 19.0 Å². The number of hydrogen-bond donors (Lipinski definition) is 1. The molecule has 186 valence electrons. The molecule has 1 aliphatic heterocycles. The highest BCUT2D eigenvalue weighted by Gasteiger charge is 2.36. The number of anilines is 1. The zero-order valence-corrected chi connectivity index (χ0v) is 21.8. The summed E-state index contributed by atoms with van der Waals surface area (Å²) in [4.78, 5) is 21.1. The molecule has 0 aliphatic carbocycles. The third-order valence-corrected chi connectivity index (χ3v) is 8.14. The quantitative estimate of drug-likeness (QED) is 0.471. The van der Waals surface area contributed by atoms with Gasteiger partial charge in [0, 0.05) is 35.9 Å². The molecule has 0 radical (unpaired) electrons. The van der Waals surface area contributed by atoms with Crippen LogP contribution in [0.5, 0.6) is 0 Å². The van der Waals surface area contributed by atoms with Crippen LogP contribution in [0.25, 0.3) is 11.3 Å². The summed E-state index contributed by atoms with van der Waals surface area (Å²) < 4.78 is 45.1. The van der Waals surface area contributed by atoms with Gasteiger partial charge in [-0.3, -0.25) is 4.79 Å². The Bertz CT molecular complexity index is 1380. The van der Waals surface area contributed by atoms with E-state index in [1.165, 1.54) is 28.4 Å². The smallest absolute Gasteiger partial charge is 0.245 e. The number of allylic oxidation sites excluding steroid dienone is 1. The maximum absolute atomic E-state index is 15.1. The summed E-state index contributed by atoms with van der Waals surface area (Å²) in [5.41, 5.74) is 2.09. The van der Waals surface area contributed by atoms with Crippen molar-refractivity contribution < 1.29 is 17.6 Å². The Balaban J connectivity index is 1.49. The molecule has 1 amide bonds. The summed E-state index contributed by atoms with van der Waals surface area (Å²) in [7, 11) is -0.0466. The number of aromatic nitrogens is 2. The number of carbonyl (C=O) groups excluding carboxylic acids is 1. The lowest BCUT2D eigenvalue weighted by Gasteiger charge is -2.19. The molecule has 1 aromatic carbocycles. The lowest BCUT2D eigenvalue weighted by molar-refractivity contribution is -0.118. The molecule has 1 saturated heterocycles. The molecule has 2 aromatic heterocycles. The SMILES string of the molecule is C/C(=C\S(=O)(=O)NC1CCN(c2ccc(-n3cncc3CN(C)C)cc2F)C1=O)c1ccc(Cl)s1. The van der Waals surface area contributed by atoms with Gasteiger partial charge in [0.25, 0.3) is 0 Å². The average Bonchev–Trinajstić information content (AvgIpc) is 3.49. The number of imidazole rings is 1. The second kappa shape index (κ2) is 10.2. The van der Waals surface area contributed by atoms with Crippen molar-refractivity contribution in [3.8, 4) is 5.69 Å². The van der Waals surface area contributed by atoms with Crippen molar-refractivity contribution in [1.29, 1.82) is 0 Å². The highest BCUT2D eigenvalue weighted by atomic mass is 35.5. The summed E-state index contributed by atoms with van der Waals surface area (Å²) >= 11 is 7.19. The molecule has 0 bridgehead atoms. The monoisotopic (exact) mass is 537 g/mol. The predicted octanol–water partition coefficient (Wildman–Crippen LogP) is 3.87. The Morgan fingerprint density at radius 1 is 1.34 bits per heavy atom. The Labute approximate surface area is 212 Å². The summed E-state index contributed by atoms with van der Waals surface area (Å²) in [5.74, 6) is -1.07. The molecular formula is C23H25ClFN5O3S2. The maximum Gasteiger partial charge on any atom is 0.245 e. The van der Waals surface area contributed by atoms with Gasteiger partial charge in [-0.15, -0.1) is 11.3 Å². The molecule has 3 heterocycles. The Hall–Kier alpha value is -2.57. The number of benzene rings is 1. The van der Waals surface area contributed by atoms with E-state index in [2.05, 4.69) is 9.71 Å². The molecular weight excluding hydrogens is 513 g/mol. The first kappa shape index (κ1) is 25.5. The van der Waals surface area contributed by atoms with Crippen molar-refractivity contribution in [2.75, 3.05) is 25.5 Å². The molecule has 1 aliphatic rings. The first-order valence-corrected chi connectivity index (χ1v) is 13.5. The minimum absolute atomic E-state index is 0.106. The Morgan fingerprint density at radius 2 is 2.11 bits per heavy atom. The van der Waals surface area contributed by atoms with Gasteiger partial charge < -0.3 is 14.4 Å². The summed E-state index contributed by atoms with van der Waals surface area (Å²) in [6.07, 6.45) is 3.56. The predicted molar refractivity (Wildman–Crippen MR) is 137 cm³/mol. The molecule has 1 fully saturated rings. The van der Waals surface area contributed by atoms with Crippen molar-refractivity contribution >= 4 is 50.1 Å². The van der Waals surface area contributed by atoms with Crippen LogP contribution >= 0.6 is 22.9 Å². The van der Waals surface area contributed by atoms with Crippen LogP contribution < -0.4 is 9.62 Å². The molecule has 3 aromatic rings. The lowest BCUT2D eigenvalue weighted by atomic mass is 10.2. The number of hydrogen-bond acceptors (Lipinski definition) is 6. The largest absolute Gasteiger partial charge is 0.308 e. The van der Waals surface area contributed by atoms with E-state index in [1.54, 1.807) is 42.2 Å². The normalized spacial score (nSPS) is 17.1. The van der Waals surface area contributed by atoms with Gasteiger partial charge in [-0.05, 0) is 57.3 Å². The van der Waals surface area contributed by atoms with E-state index >= 15 is 4.39 Å². The zero-order chi connectivity index (χ0) is 25.3. The number of thiophene rings is 1. The highest BCUT2D eigenvalue weighted by Crippen LogP contribution is 2.29. The second-order valence-electron chi connectivity index (χ2n) is 8.53. The number of halogens is 2. The van der Waals surface area contributed by atoms with Gasteiger partial charge in [0.1, 0.15) is 11.9 Å². The molecule has 4 rings (SSSR count). The Kier molecular flexibility index (Phi) is 7.43. The average molecular weight is 538 g/mol. The molecule has 35 heavy (non-hydrogen) atoms. The van der Waals surface area contributed by atoms with Gasteiger partial charge in [0.05, 0.1) is 27.5 Å². The number of amides is 1. The van der Waals surface area contributed by atoms with Gasteiger partial charge >= 0.3 is 0 Å². The third kappa shape index (κ3) is 5.81. The number of carbonyl (C=O) groups is 1. The number of sulfonamides is 1. The third-order valence-electron chi connectivity index (χ3n) is 5.50. The van der Waals surface area contributed by atoms with Gasteiger partial charge in [0.2, 0.25) is 15.9 Å². The summed E-state index contributed by atoms with van der Waals surface area (Å²) in [5, 5.41) is 1.08. The van der Waals surface area contributed by atoms with Gasteiger partial charge in [0.15, 0.2) is 0 Å². The van der Waals surface area contributed by atoms with E-state index in [0.717, 1.165) is 11.1 Å². The van der Waals surface area contributed by atoms with E-state index in [-0.39, 0.29) is 18.7 Å². The van der Waals surface area contributed by atoms with Crippen LogP contribution in [0.15, 0.2) is 48.3 Å². The van der Waals surface area contributed by atoms with Gasteiger partial charge in [-0.25, -0.2) is 17.8 Å². The Morgan fingerprint density at radius 3 is 2.77 bits per heavy atom. The topological polar surface area (TPSA) is 87.5 Å². The van der Waals surface area contributed by atoms with Crippen LogP contribution in [0.2, 0.25) is 4.34 Å². The van der Waals surface area contributed by atoms with E-state index in [4.69, 9.17) is 11.6 Å². The molecule has 1 N–H and O–H groups in total. The fraction of sp³-hybridized carbons (Fsp3) is 0.304. The van der Waals surface area contributed by atoms with Gasteiger partial charge in [-0.1, -0.05) is 11.6 Å². The lowest BCUT2D eigenvalue weighted by Crippen LogP contribution is -2.41. The summed E-state index contributed by atoms with van der Waals surface area (Å²) in [6.45, 7) is 2.48. The first-order chi connectivity index (χ1) is 16.5. The standard InChI is InChI=1S/C23H25ClFN5O3S2/c1-15(21-6-7-22(24)34-21)13-35(32,33)27-19-8-9-29(23(19)31)20-5-4-16(10-18(20)25)30-14-26-11-17(30)12-28(2)3/h4-7,10-11,13-14,19,27H,8-9,12H2,1-3H3/b15-13+. The van der Waals surface area contributed by atoms with Crippen molar-refractivity contribution in [2.24, 2.45) is 0 Å². The number of nitrogens with one attached hydrogen (secondary N) is 1. The number of nitrogens with zero attached hydrogens (tertiary/aromatic N) is 4. The molecule has 1 atom stereocenters. The fourth-order valence-electron chi connectivity index (χ4n) is 3.94. The maximum atomic E-state index is 15.1. The molecule has 1 unspecified atom stereocenters. The van der Waals surface area contributed by atoms with Crippen LogP contribution in [0.3, 0.4) is 0 Å². The number of rotatable bonds is 8. The minimum atomic E-state index is -3.91. The van der Waals surface area contributed by atoms with Crippen LogP contribution in [-0.4, -0.2) is 55.5 Å². The van der Waals surface area contributed by atoms with Crippen LogP contribution in [0.1, 0.15) is 23.9 Å². The highest BCUT2D eigenvalue weighted by molar-refractivity contribution is 7.92. The van der Waals surface area contributed by atoms with Gasteiger partial charge in [-0.2, -0.15) is 4.72 Å². The van der Waals surface area contributed by atoms with Crippen LogP contribution in [0.4, 0.5) is 10.1 Å². The molecule has 8 nitrogen and oxygen atoms in total. The molecule has 12 heteroatoms. The molecule has 0 saturated carbocycles. The zero-order valence-electron chi connectivity index (χ0n) is 19.4. The van der Waals surface area contributed by atoms with E-state index in [9.17, 15) is 13.2 Å². The van der Waals surface area contributed by atoms with Crippen molar-refractivity contribution in [3.63, 3.8) is 0 Å². The van der Waals surface area contributed by atoms with E-state index < -0.39 is 27.8 Å². The summed E-state index contributed by atoms with van der Waals surface area (Å²) in [6, 6.07) is 7.03. The second-order valence-corrected chi connectivity index (χ2v) is 11.8.